The smallest absolute Gasteiger partial charge is 0.234 e. The molecule has 4 heteroatoms. The van der Waals surface area contributed by atoms with Crippen LogP contribution in [0, 0.1) is 5.92 Å². The van der Waals surface area contributed by atoms with E-state index in [0.29, 0.717) is 12.6 Å². The summed E-state index contributed by atoms with van der Waals surface area (Å²) >= 11 is 0. The number of hydrogen-bond donors (Lipinski definition) is 1. The van der Waals surface area contributed by atoms with Crippen LogP contribution < -0.4 is 5.32 Å². The van der Waals surface area contributed by atoms with Gasteiger partial charge < -0.3 is 10.1 Å². The first kappa shape index (κ1) is 10.6. The van der Waals surface area contributed by atoms with Gasteiger partial charge in [0.2, 0.25) is 5.91 Å². The molecule has 0 aromatic carbocycles. The van der Waals surface area contributed by atoms with Crippen LogP contribution in [-0.4, -0.2) is 42.8 Å². The molecule has 1 saturated carbocycles. The minimum atomic E-state index is 0.141. The third kappa shape index (κ3) is 3.30. The summed E-state index contributed by atoms with van der Waals surface area (Å²) in [4.78, 5) is 24.2. The van der Waals surface area contributed by atoms with Crippen LogP contribution in [0.3, 0.4) is 0 Å². The van der Waals surface area contributed by atoms with Gasteiger partial charge in [0, 0.05) is 12.0 Å². The number of amides is 1. The Labute approximate surface area is 90.0 Å². The van der Waals surface area contributed by atoms with E-state index in [1.54, 1.807) is 0 Å². The molecule has 4 nitrogen and oxygen atoms in total. The van der Waals surface area contributed by atoms with Gasteiger partial charge in [0.1, 0.15) is 6.29 Å². The molecule has 1 N–H and O–H groups in total. The lowest BCUT2D eigenvalue weighted by Gasteiger charge is -2.28. The number of nitrogens with one attached hydrogen (secondary N) is 1. The SMILES string of the molecule is O=CC1CCN(CC(=O)NC2CC2)CC1. The van der Waals surface area contributed by atoms with Crippen molar-refractivity contribution in [3.63, 3.8) is 0 Å². The Bertz CT molecular complexity index is 243. The van der Waals surface area contributed by atoms with Gasteiger partial charge in [-0.15, -0.1) is 0 Å². The second-order valence-corrected chi connectivity index (χ2v) is 4.59. The van der Waals surface area contributed by atoms with Crippen molar-refractivity contribution in [1.29, 1.82) is 0 Å². The van der Waals surface area contributed by atoms with E-state index in [4.69, 9.17) is 0 Å². The van der Waals surface area contributed by atoms with Crippen molar-refractivity contribution in [3.05, 3.63) is 0 Å². The van der Waals surface area contributed by atoms with Gasteiger partial charge in [-0.3, -0.25) is 9.69 Å². The Morgan fingerprint density at radius 2 is 1.93 bits per heavy atom. The van der Waals surface area contributed by atoms with E-state index in [1.807, 2.05) is 0 Å². The average Bonchev–Trinajstić information content (AvgIpc) is 3.03. The molecular weight excluding hydrogens is 192 g/mol. The second kappa shape index (κ2) is 4.75. The molecular formula is C11H18N2O2. The zero-order valence-electron chi connectivity index (χ0n) is 8.95. The summed E-state index contributed by atoms with van der Waals surface area (Å²) in [5, 5.41) is 2.98. The summed E-state index contributed by atoms with van der Waals surface area (Å²) in [6, 6.07) is 0.449. The van der Waals surface area contributed by atoms with E-state index in [1.165, 1.54) is 0 Å². The number of hydrogen-bond acceptors (Lipinski definition) is 3. The van der Waals surface area contributed by atoms with Crippen molar-refractivity contribution in [2.75, 3.05) is 19.6 Å². The maximum Gasteiger partial charge on any atom is 0.234 e. The third-order valence-corrected chi connectivity index (χ3v) is 3.13. The summed E-state index contributed by atoms with van der Waals surface area (Å²) < 4.78 is 0. The van der Waals surface area contributed by atoms with Gasteiger partial charge in [0.25, 0.3) is 0 Å². The highest BCUT2D eigenvalue weighted by atomic mass is 16.2. The highest BCUT2D eigenvalue weighted by Crippen LogP contribution is 2.19. The molecule has 0 aromatic heterocycles. The molecule has 1 amide bonds. The van der Waals surface area contributed by atoms with E-state index in [2.05, 4.69) is 10.2 Å². The number of carbonyl (C=O) groups excluding carboxylic acids is 2. The van der Waals surface area contributed by atoms with Crippen molar-refractivity contribution < 1.29 is 9.59 Å². The van der Waals surface area contributed by atoms with E-state index in [-0.39, 0.29) is 11.8 Å². The van der Waals surface area contributed by atoms with Crippen LogP contribution in [-0.2, 0) is 9.59 Å². The summed E-state index contributed by atoms with van der Waals surface area (Å²) in [6.07, 6.45) is 5.12. The van der Waals surface area contributed by atoms with Crippen LogP contribution in [0.15, 0.2) is 0 Å². The molecule has 0 bridgehead atoms. The first-order valence-electron chi connectivity index (χ1n) is 5.75. The number of carbonyl (C=O) groups is 2. The van der Waals surface area contributed by atoms with E-state index < -0.39 is 0 Å². The van der Waals surface area contributed by atoms with Crippen molar-refractivity contribution in [3.8, 4) is 0 Å². The van der Waals surface area contributed by atoms with Crippen molar-refractivity contribution >= 4 is 12.2 Å². The minimum absolute atomic E-state index is 0.141. The largest absolute Gasteiger partial charge is 0.352 e. The summed E-state index contributed by atoms with van der Waals surface area (Å²) in [6.45, 7) is 2.26. The highest BCUT2D eigenvalue weighted by molar-refractivity contribution is 5.78. The van der Waals surface area contributed by atoms with Crippen molar-refractivity contribution in [2.45, 2.75) is 31.7 Å². The lowest BCUT2D eigenvalue weighted by molar-refractivity contribution is -0.122. The lowest BCUT2D eigenvalue weighted by Crippen LogP contribution is -2.42. The first-order valence-corrected chi connectivity index (χ1v) is 5.75. The molecule has 0 spiro atoms. The number of likely N-dealkylation sites (tertiary alicyclic amines) is 1. The Morgan fingerprint density at radius 1 is 1.27 bits per heavy atom. The van der Waals surface area contributed by atoms with Gasteiger partial charge in [0.15, 0.2) is 0 Å². The quantitative estimate of drug-likeness (QED) is 0.673. The number of aldehydes is 1. The second-order valence-electron chi connectivity index (χ2n) is 4.59. The van der Waals surface area contributed by atoms with E-state index in [0.717, 1.165) is 45.1 Å². The molecule has 84 valence electrons. The van der Waals surface area contributed by atoms with Crippen LogP contribution in [0.4, 0.5) is 0 Å². The normalized spacial score (nSPS) is 23.7. The number of nitrogens with zero attached hydrogens (tertiary/aromatic N) is 1. The van der Waals surface area contributed by atoms with Crippen LogP contribution >= 0.6 is 0 Å². The van der Waals surface area contributed by atoms with Gasteiger partial charge in [-0.1, -0.05) is 0 Å². The molecule has 0 atom stereocenters. The Morgan fingerprint density at radius 3 is 2.47 bits per heavy atom. The topological polar surface area (TPSA) is 49.4 Å². The molecule has 1 aliphatic carbocycles. The predicted molar refractivity (Wildman–Crippen MR) is 56.4 cm³/mol. The monoisotopic (exact) mass is 210 g/mol. The molecule has 1 heterocycles. The fraction of sp³-hybridized carbons (Fsp3) is 0.818. The zero-order chi connectivity index (χ0) is 10.7. The zero-order valence-corrected chi connectivity index (χ0v) is 8.95. The van der Waals surface area contributed by atoms with Gasteiger partial charge in [-0.2, -0.15) is 0 Å². The number of rotatable bonds is 4. The van der Waals surface area contributed by atoms with Crippen LogP contribution in [0.5, 0.6) is 0 Å². The summed E-state index contributed by atoms with van der Waals surface area (Å²) in [5.41, 5.74) is 0. The maximum atomic E-state index is 11.5. The standard InChI is InChI=1S/C11H18N2O2/c14-8-9-3-5-13(6-4-9)7-11(15)12-10-1-2-10/h8-10H,1-7H2,(H,12,15). The molecule has 1 aliphatic heterocycles. The van der Waals surface area contributed by atoms with E-state index >= 15 is 0 Å². The van der Waals surface area contributed by atoms with Crippen LogP contribution in [0.2, 0.25) is 0 Å². The molecule has 2 aliphatic rings. The lowest BCUT2D eigenvalue weighted by atomic mass is 9.99. The molecule has 0 aromatic rings. The van der Waals surface area contributed by atoms with Gasteiger partial charge >= 0.3 is 0 Å². The van der Waals surface area contributed by atoms with Crippen LogP contribution in [0.1, 0.15) is 25.7 Å². The summed E-state index contributed by atoms with van der Waals surface area (Å²) in [5.74, 6) is 0.356. The van der Waals surface area contributed by atoms with Gasteiger partial charge in [0.05, 0.1) is 6.54 Å². The minimum Gasteiger partial charge on any atom is -0.352 e. The molecule has 0 radical (unpaired) electrons. The Balaban J connectivity index is 1.66. The van der Waals surface area contributed by atoms with Crippen molar-refractivity contribution in [2.24, 2.45) is 5.92 Å². The molecule has 2 fully saturated rings. The maximum absolute atomic E-state index is 11.5. The number of piperidine rings is 1. The highest BCUT2D eigenvalue weighted by Gasteiger charge is 2.25. The van der Waals surface area contributed by atoms with Gasteiger partial charge in [-0.25, -0.2) is 0 Å². The molecule has 1 saturated heterocycles. The predicted octanol–water partition coefficient (Wildman–Crippen LogP) is 0.176. The first-order chi connectivity index (χ1) is 7.28. The molecule has 0 unspecified atom stereocenters. The fourth-order valence-corrected chi connectivity index (χ4v) is 1.95. The molecule has 15 heavy (non-hydrogen) atoms. The average molecular weight is 210 g/mol. The fourth-order valence-electron chi connectivity index (χ4n) is 1.95. The van der Waals surface area contributed by atoms with E-state index in [9.17, 15) is 9.59 Å². The Kier molecular flexibility index (Phi) is 3.36. The molecule has 2 rings (SSSR count). The summed E-state index contributed by atoms with van der Waals surface area (Å²) in [7, 11) is 0. The third-order valence-electron chi connectivity index (χ3n) is 3.13. The van der Waals surface area contributed by atoms with Gasteiger partial charge in [-0.05, 0) is 38.8 Å². The van der Waals surface area contributed by atoms with Crippen molar-refractivity contribution in [1.82, 2.24) is 10.2 Å². The van der Waals surface area contributed by atoms with Crippen LogP contribution in [0.25, 0.3) is 0 Å². The Hall–Kier alpha value is -0.900.